The number of nitrogens with one attached hydrogen (secondary N) is 1. The quantitative estimate of drug-likeness (QED) is 0.649. The molecule has 142 valence electrons. The van der Waals surface area contributed by atoms with E-state index >= 15 is 0 Å². The molecule has 2 aromatic rings. The van der Waals surface area contributed by atoms with Gasteiger partial charge in [0.1, 0.15) is 5.75 Å². The highest BCUT2D eigenvalue weighted by Crippen LogP contribution is 2.36. The minimum Gasteiger partial charge on any atom is -0.508 e. The molecular weight excluding hydrogens is 346 g/mol. The van der Waals surface area contributed by atoms with Crippen molar-refractivity contribution in [2.24, 2.45) is 0 Å². The minimum absolute atomic E-state index is 0.0811. The second-order valence-corrected chi connectivity index (χ2v) is 9.26. The summed E-state index contributed by atoms with van der Waals surface area (Å²) in [7, 11) is -3.75. The van der Waals surface area contributed by atoms with Gasteiger partial charge in [0.25, 0.3) is 10.0 Å². The van der Waals surface area contributed by atoms with Crippen molar-refractivity contribution in [2.75, 3.05) is 4.72 Å². The van der Waals surface area contributed by atoms with E-state index in [0.717, 1.165) is 16.7 Å². The summed E-state index contributed by atoms with van der Waals surface area (Å²) in [4.78, 5) is 0.375. The van der Waals surface area contributed by atoms with E-state index in [9.17, 15) is 13.5 Å². The summed E-state index contributed by atoms with van der Waals surface area (Å²) in [6.45, 7) is 12.3. The van der Waals surface area contributed by atoms with Crippen LogP contribution in [0.5, 0.6) is 5.75 Å². The van der Waals surface area contributed by atoms with Crippen LogP contribution >= 0.6 is 0 Å². The van der Waals surface area contributed by atoms with Gasteiger partial charge in [-0.2, -0.15) is 0 Å². The molecule has 0 aliphatic carbocycles. The normalized spacial score (nSPS) is 12.2. The first-order valence-corrected chi connectivity index (χ1v) is 10.5. The van der Waals surface area contributed by atoms with Crippen LogP contribution in [0.3, 0.4) is 0 Å². The van der Waals surface area contributed by atoms with Crippen LogP contribution in [0.25, 0.3) is 0 Å². The lowest BCUT2D eigenvalue weighted by Gasteiger charge is -2.23. The van der Waals surface area contributed by atoms with Crippen LogP contribution < -0.4 is 4.72 Å². The molecule has 0 saturated heterocycles. The molecule has 2 aromatic carbocycles. The lowest BCUT2D eigenvalue weighted by Crippen LogP contribution is -2.19. The molecule has 0 bridgehead atoms. The van der Waals surface area contributed by atoms with Gasteiger partial charge >= 0.3 is 0 Å². The second kappa shape index (κ2) is 7.70. The van der Waals surface area contributed by atoms with Gasteiger partial charge in [0, 0.05) is 5.69 Å². The van der Waals surface area contributed by atoms with Gasteiger partial charge in [-0.05, 0) is 58.7 Å². The molecule has 26 heavy (non-hydrogen) atoms. The predicted octanol–water partition coefficient (Wildman–Crippen LogP) is 5.56. The molecule has 2 N–H and O–H groups in total. The first-order valence-electron chi connectivity index (χ1n) is 9.02. The van der Waals surface area contributed by atoms with E-state index in [2.05, 4.69) is 18.6 Å². The van der Waals surface area contributed by atoms with Crippen LogP contribution in [0.15, 0.2) is 41.3 Å². The van der Waals surface area contributed by atoms with Crippen LogP contribution in [0.2, 0.25) is 0 Å². The zero-order valence-corrected chi connectivity index (χ0v) is 17.2. The average Bonchev–Trinajstić information content (AvgIpc) is 2.55. The molecule has 0 aliphatic heterocycles. The first kappa shape index (κ1) is 20.3. The Labute approximate surface area is 157 Å². The lowest BCUT2D eigenvalue weighted by atomic mass is 9.89. The number of anilines is 1. The number of rotatable bonds is 6. The fourth-order valence-corrected chi connectivity index (χ4v) is 4.69. The first-order chi connectivity index (χ1) is 12.0. The van der Waals surface area contributed by atoms with E-state index < -0.39 is 10.0 Å². The van der Waals surface area contributed by atoms with Crippen LogP contribution in [0.1, 0.15) is 76.0 Å². The third-order valence-electron chi connectivity index (χ3n) is 4.47. The Hall–Kier alpha value is -2.01. The van der Waals surface area contributed by atoms with Crippen LogP contribution in [-0.4, -0.2) is 13.5 Å². The van der Waals surface area contributed by atoms with Gasteiger partial charge in [-0.3, -0.25) is 4.72 Å². The van der Waals surface area contributed by atoms with E-state index in [0.29, 0.717) is 16.5 Å². The van der Waals surface area contributed by atoms with Gasteiger partial charge in [0.05, 0.1) is 4.90 Å². The molecule has 0 aromatic heterocycles. The molecular formula is C21H29NO3S. The van der Waals surface area contributed by atoms with E-state index in [1.165, 1.54) is 12.1 Å². The highest BCUT2D eigenvalue weighted by molar-refractivity contribution is 7.92. The SMILES string of the molecule is CC(C)c1cc(C(C)C)c(S(=O)(=O)Nc2ccc(O)cc2)c(C(C)C)c1. The summed E-state index contributed by atoms with van der Waals surface area (Å²) in [5, 5.41) is 9.41. The fourth-order valence-electron chi connectivity index (χ4n) is 2.94. The van der Waals surface area contributed by atoms with E-state index in [1.807, 2.05) is 39.8 Å². The molecule has 0 saturated carbocycles. The molecule has 0 amide bonds. The van der Waals surface area contributed by atoms with Gasteiger partial charge in [0.15, 0.2) is 0 Å². The fraction of sp³-hybridized carbons (Fsp3) is 0.429. The summed E-state index contributed by atoms with van der Waals surface area (Å²) in [5.41, 5.74) is 3.26. The number of phenolic OH excluding ortho intramolecular Hbond substituents is 1. The maximum Gasteiger partial charge on any atom is 0.262 e. The highest BCUT2D eigenvalue weighted by atomic mass is 32.2. The maximum atomic E-state index is 13.2. The number of aromatic hydroxyl groups is 1. The third-order valence-corrected chi connectivity index (χ3v) is 5.98. The third kappa shape index (κ3) is 4.39. The molecule has 0 radical (unpaired) electrons. The molecule has 0 aliphatic rings. The molecule has 0 heterocycles. The summed E-state index contributed by atoms with van der Waals surface area (Å²) < 4.78 is 29.2. The lowest BCUT2D eigenvalue weighted by molar-refractivity contribution is 0.475. The molecule has 0 spiro atoms. The van der Waals surface area contributed by atoms with Crippen LogP contribution in [0, 0.1) is 0 Å². The summed E-state index contributed by atoms with van der Waals surface area (Å²) in [6, 6.07) is 10.1. The standard InChI is InChI=1S/C21H29NO3S/c1-13(2)16-11-19(14(3)4)21(20(12-16)15(5)6)26(24,25)22-17-7-9-18(23)10-8-17/h7-15,22-23H,1-6H3. The Bertz CT molecular complexity index is 838. The van der Waals surface area contributed by atoms with Gasteiger partial charge < -0.3 is 5.11 Å². The zero-order valence-electron chi connectivity index (χ0n) is 16.4. The van der Waals surface area contributed by atoms with E-state index in [1.54, 1.807) is 12.1 Å². The van der Waals surface area contributed by atoms with E-state index in [-0.39, 0.29) is 17.6 Å². The number of phenols is 1. The number of hydrogen-bond donors (Lipinski definition) is 2. The minimum atomic E-state index is -3.75. The number of hydrogen-bond acceptors (Lipinski definition) is 3. The number of benzene rings is 2. The Balaban J connectivity index is 2.66. The van der Waals surface area contributed by atoms with Crippen LogP contribution in [0.4, 0.5) is 5.69 Å². The Morgan fingerprint density at radius 2 is 1.27 bits per heavy atom. The molecule has 0 atom stereocenters. The Kier molecular flexibility index (Phi) is 6.02. The summed E-state index contributed by atoms with van der Waals surface area (Å²) in [6.07, 6.45) is 0. The summed E-state index contributed by atoms with van der Waals surface area (Å²) >= 11 is 0. The zero-order chi connectivity index (χ0) is 19.6. The largest absolute Gasteiger partial charge is 0.508 e. The van der Waals surface area contributed by atoms with Crippen molar-refractivity contribution in [3.8, 4) is 5.75 Å². The van der Waals surface area contributed by atoms with Gasteiger partial charge in [-0.1, -0.05) is 53.7 Å². The van der Waals surface area contributed by atoms with Crippen LogP contribution in [-0.2, 0) is 10.0 Å². The predicted molar refractivity (Wildman–Crippen MR) is 108 cm³/mol. The Morgan fingerprint density at radius 1 is 0.808 bits per heavy atom. The molecule has 2 rings (SSSR count). The Morgan fingerprint density at radius 3 is 1.65 bits per heavy atom. The topological polar surface area (TPSA) is 66.4 Å². The number of sulfonamides is 1. The van der Waals surface area contributed by atoms with Gasteiger partial charge in [-0.25, -0.2) is 8.42 Å². The highest BCUT2D eigenvalue weighted by Gasteiger charge is 2.27. The maximum absolute atomic E-state index is 13.2. The van der Waals surface area contributed by atoms with Crippen molar-refractivity contribution >= 4 is 15.7 Å². The molecule has 4 nitrogen and oxygen atoms in total. The molecule has 0 unspecified atom stereocenters. The smallest absolute Gasteiger partial charge is 0.262 e. The second-order valence-electron chi connectivity index (χ2n) is 7.64. The van der Waals surface area contributed by atoms with Crippen molar-refractivity contribution in [1.82, 2.24) is 0 Å². The summed E-state index contributed by atoms with van der Waals surface area (Å²) in [5.74, 6) is 0.585. The van der Waals surface area contributed by atoms with Crippen molar-refractivity contribution < 1.29 is 13.5 Å². The van der Waals surface area contributed by atoms with Crippen molar-refractivity contribution in [3.05, 3.63) is 53.1 Å². The van der Waals surface area contributed by atoms with Gasteiger partial charge in [0.2, 0.25) is 0 Å². The van der Waals surface area contributed by atoms with Crippen molar-refractivity contribution in [1.29, 1.82) is 0 Å². The molecule has 5 heteroatoms. The monoisotopic (exact) mass is 375 g/mol. The van der Waals surface area contributed by atoms with Crippen molar-refractivity contribution in [2.45, 2.75) is 64.2 Å². The molecule has 0 fully saturated rings. The average molecular weight is 376 g/mol. The van der Waals surface area contributed by atoms with Crippen molar-refractivity contribution in [3.63, 3.8) is 0 Å². The van der Waals surface area contributed by atoms with Gasteiger partial charge in [-0.15, -0.1) is 0 Å². The van der Waals surface area contributed by atoms with E-state index in [4.69, 9.17) is 0 Å².